The van der Waals surface area contributed by atoms with Crippen LogP contribution in [0.5, 0.6) is 0 Å². The third kappa shape index (κ3) is 3.48. The van der Waals surface area contributed by atoms with Crippen molar-refractivity contribution < 1.29 is 4.74 Å². The van der Waals surface area contributed by atoms with Gasteiger partial charge in [-0.15, -0.1) is 11.6 Å². The van der Waals surface area contributed by atoms with E-state index in [0.717, 1.165) is 43.8 Å². The Hall–Kier alpha value is -1.06. The summed E-state index contributed by atoms with van der Waals surface area (Å²) < 4.78 is 7.39. The molecule has 19 heavy (non-hydrogen) atoms. The molecule has 0 radical (unpaired) electrons. The first-order valence-corrected chi connectivity index (χ1v) is 7.30. The molecule has 3 nitrogen and oxygen atoms in total. The van der Waals surface area contributed by atoms with E-state index in [1.165, 1.54) is 11.1 Å². The summed E-state index contributed by atoms with van der Waals surface area (Å²) >= 11 is 5.88. The molecule has 0 fully saturated rings. The molecule has 1 aromatic heterocycles. The molecule has 0 N–H and O–H groups in total. The summed E-state index contributed by atoms with van der Waals surface area (Å²) in [7, 11) is 1.74. The Morgan fingerprint density at radius 2 is 2.16 bits per heavy atom. The normalized spacial score (nSPS) is 11.3. The van der Waals surface area contributed by atoms with Gasteiger partial charge in [-0.1, -0.05) is 6.07 Å². The number of nitrogens with zero attached hydrogens (tertiary/aromatic N) is 2. The number of unbranched alkanes of at least 4 members (excludes halogenated alkanes) is 1. The van der Waals surface area contributed by atoms with Crippen LogP contribution in [0.1, 0.15) is 24.2 Å². The number of aryl methyl sites for hydroxylation is 3. The maximum absolute atomic E-state index is 5.88. The summed E-state index contributed by atoms with van der Waals surface area (Å²) in [4.78, 5) is 4.71. The van der Waals surface area contributed by atoms with Gasteiger partial charge in [-0.25, -0.2) is 4.98 Å². The van der Waals surface area contributed by atoms with Gasteiger partial charge < -0.3 is 9.30 Å². The van der Waals surface area contributed by atoms with Gasteiger partial charge in [0.1, 0.15) is 5.82 Å². The first-order valence-electron chi connectivity index (χ1n) is 6.77. The highest BCUT2D eigenvalue weighted by molar-refractivity contribution is 6.17. The Morgan fingerprint density at radius 1 is 1.32 bits per heavy atom. The number of aromatic nitrogens is 2. The van der Waals surface area contributed by atoms with Gasteiger partial charge >= 0.3 is 0 Å². The fourth-order valence-corrected chi connectivity index (χ4v) is 2.50. The predicted molar refractivity (Wildman–Crippen MR) is 80.0 cm³/mol. The molecule has 0 aliphatic rings. The van der Waals surface area contributed by atoms with E-state index in [4.69, 9.17) is 21.3 Å². The minimum absolute atomic E-state index is 0.611. The van der Waals surface area contributed by atoms with E-state index in [9.17, 15) is 0 Å². The lowest BCUT2D eigenvalue weighted by atomic mass is 10.2. The minimum Gasteiger partial charge on any atom is -0.385 e. The Labute approximate surface area is 119 Å². The smallest absolute Gasteiger partial charge is 0.111 e. The average molecular weight is 281 g/mol. The zero-order chi connectivity index (χ0) is 13.7. The Bertz CT molecular complexity index is 536. The lowest BCUT2D eigenvalue weighted by Crippen LogP contribution is -2.05. The van der Waals surface area contributed by atoms with Gasteiger partial charge in [-0.3, -0.25) is 0 Å². The molecule has 2 rings (SSSR count). The highest BCUT2D eigenvalue weighted by Crippen LogP contribution is 2.19. The van der Waals surface area contributed by atoms with Gasteiger partial charge in [0, 0.05) is 32.6 Å². The topological polar surface area (TPSA) is 27.1 Å². The largest absolute Gasteiger partial charge is 0.385 e. The quantitative estimate of drug-likeness (QED) is 0.573. The number of rotatable bonds is 7. The van der Waals surface area contributed by atoms with Crippen LogP contribution in [-0.2, 0) is 17.7 Å². The molecule has 0 aliphatic carbocycles. The fourth-order valence-electron chi connectivity index (χ4n) is 2.33. The maximum atomic E-state index is 5.88. The average Bonchev–Trinajstić information content (AvgIpc) is 2.72. The van der Waals surface area contributed by atoms with Gasteiger partial charge in [0.05, 0.1) is 11.0 Å². The molecular formula is C15H21ClN2O. The van der Waals surface area contributed by atoms with E-state index >= 15 is 0 Å². The molecule has 0 aliphatic heterocycles. The molecule has 1 heterocycles. The van der Waals surface area contributed by atoms with Crippen molar-refractivity contribution in [2.45, 2.75) is 32.7 Å². The van der Waals surface area contributed by atoms with Crippen LogP contribution in [-0.4, -0.2) is 29.1 Å². The Balaban J connectivity index is 2.24. The number of hydrogen-bond donors (Lipinski definition) is 0. The van der Waals surface area contributed by atoms with Crippen LogP contribution in [0.2, 0.25) is 0 Å². The van der Waals surface area contributed by atoms with Crippen LogP contribution >= 0.6 is 11.6 Å². The molecule has 0 saturated heterocycles. The van der Waals surface area contributed by atoms with Crippen molar-refractivity contribution >= 4 is 22.6 Å². The molecule has 1 aromatic carbocycles. The molecule has 104 valence electrons. The third-order valence-corrected chi connectivity index (χ3v) is 3.47. The van der Waals surface area contributed by atoms with E-state index in [1.807, 2.05) is 0 Å². The second-order valence-electron chi connectivity index (χ2n) is 4.81. The summed E-state index contributed by atoms with van der Waals surface area (Å²) in [5, 5.41) is 0. The summed E-state index contributed by atoms with van der Waals surface area (Å²) in [5.74, 6) is 1.70. The van der Waals surface area contributed by atoms with Crippen LogP contribution in [0.25, 0.3) is 11.0 Å². The molecule has 0 spiro atoms. The van der Waals surface area contributed by atoms with Crippen molar-refractivity contribution in [3.8, 4) is 0 Å². The molecular weight excluding hydrogens is 260 g/mol. The lowest BCUT2D eigenvalue weighted by Gasteiger charge is -2.08. The van der Waals surface area contributed by atoms with Crippen LogP contribution < -0.4 is 0 Å². The van der Waals surface area contributed by atoms with Crippen LogP contribution in [0, 0.1) is 6.92 Å². The molecule has 0 unspecified atom stereocenters. The van der Waals surface area contributed by atoms with E-state index < -0.39 is 0 Å². The summed E-state index contributed by atoms with van der Waals surface area (Å²) in [6, 6.07) is 6.44. The second-order valence-corrected chi connectivity index (χ2v) is 5.19. The number of methoxy groups -OCH3 is 1. The van der Waals surface area contributed by atoms with E-state index in [1.54, 1.807) is 7.11 Å². The number of fused-ring (bicyclic) bond motifs is 1. The molecule has 0 bridgehead atoms. The number of ether oxygens (including phenoxy) is 1. The van der Waals surface area contributed by atoms with Gasteiger partial charge in [0.15, 0.2) is 0 Å². The summed E-state index contributed by atoms with van der Waals surface area (Å²) in [5.41, 5.74) is 3.53. The van der Waals surface area contributed by atoms with E-state index in [-0.39, 0.29) is 0 Å². The van der Waals surface area contributed by atoms with Crippen LogP contribution in [0.15, 0.2) is 18.2 Å². The maximum Gasteiger partial charge on any atom is 0.111 e. The van der Waals surface area contributed by atoms with Crippen molar-refractivity contribution in [1.29, 1.82) is 0 Å². The predicted octanol–water partition coefficient (Wildman–Crippen LogP) is 3.55. The highest BCUT2D eigenvalue weighted by Gasteiger charge is 2.10. The third-order valence-electron chi connectivity index (χ3n) is 3.28. The van der Waals surface area contributed by atoms with Crippen molar-refractivity contribution in [2.75, 3.05) is 19.6 Å². The lowest BCUT2D eigenvalue weighted by molar-refractivity contribution is 0.191. The van der Waals surface area contributed by atoms with E-state index in [0.29, 0.717) is 5.88 Å². The standard InChI is InChI=1S/C15H21ClN2O/c1-12-5-6-14-13(11-12)17-15(7-8-16)18(14)9-3-4-10-19-2/h5-6,11H,3-4,7-10H2,1-2H3. The van der Waals surface area contributed by atoms with Crippen molar-refractivity contribution in [3.63, 3.8) is 0 Å². The number of hydrogen-bond acceptors (Lipinski definition) is 2. The summed E-state index contributed by atoms with van der Waals surface area (Å²) in [6.45, 7) is 3.89. The van der Waals surface area contributed by atoms with Crippen LogP contribution in [0.3, 0.4) is 0 Å². The monoisotopic (exact) mass is 280 g/mol. The fraction of sp³-hybridized carbons (Fsp3) is 0.533. The molecule has 2 aromatic rings. The van der Waals surface area contributed by atoms with Gasteiger partial charge in [0.2, 0.25) is 0 Å². The summed E-state index contributed by atoms with van der Waals surface area (Å²) in [6.07, 6.45) is 2.99. The zero-order valence-corrected chi connectivity index (χ0v) is 12.4. The van der Waals surface area contributed by atoms with Crippen molar-refractivity contribution in [3.05, 3.63) is 29.6 Å². The zero-order valence-electron chi connectivity index (χ0n) is 11.7. The Morgan fingerprint density at radius 3 is 2.89 bits per heavy atom. The Kier molecular flexibility index (Phi) is 5.23. The van der Waals surface area contributed by atoms with Crippen LogP contribution in [0.4, 0.5) is 0 Å². The van der Waals surface area contributed by atoms with Crippen molar-refractivity contribution in [2.24, 2.45) is 0 Å². The van der Waals surface area contributed by atoms with Gasteiger partial charge in [-0.2, -0.15) is 0 Å². The number of halogens is 1. The van der Waals surface area contributed by atoms with Gasteiger partial charge in [0.25, 0.3) is 0 Å². The first-order chi connectivity index (χ1) is 9.26. The number of imidazole rings is 1. The molecule has 4 heteroatoms. The van der Waals surface area contributed by atoms with Gasteiger partial charge in [-0.05, 0) is 37.5 Å². The number of alkyl halides is 1. The van der Waals surface area contributed by atoms with E-state index in [2.05, 4.69) is 29.7 Å². The first kappa shape index (κ1) is 14.4. The molecule has 0 amide bonds. The van der Waals surface area contributed by atoms with Crippen molar-refractivity contribution in [1.82, 2.24) is 9.55 Å². The number of benzene rings is 1. The minimum atomic E-state index is 0.611. The SMILES string of the molecule is COCCCCn1c(CCCl)nc2cc(C)ccc21. The highest BCUT2D eigenvalue weighted by atomic mass is 35.5. The molecule has 0 saturated carbocycles. The molecule has 0 atom stereocenters. The second kappa shape index (κ2) is 6.92.